The summed E-state index contributed by atoms with van der Waals surface area (Å²) in [4.78, 5) is 0. The normalized spacial score (nSPS) is 34.3. The lowest BCUT2D eigenvalue weighted by atomic mass is 9.74. The van der Waals surface area contributed by atoms with E-state index in [0.29, 0.717) is 0 Å². The number of ether oxygens (including phenoxy) is 4. The predicted octanol–water partition coefficient (Wildman–Crippen LogP) is 3.59. The van der Waals surface area contributed by atoms with Crippen LogP contribution in [-0.2, 0) is 18.9 Å². The standard InChI is InChI=1S/C17H28O4/c1-3-7-15(8-4-1)11-18-17(19-12-15)20-13-16(14-21-17)9-5-2-6-10-16/h1-14H2. The molecule has 2 heterocycles. The Labute approximate surface area is 127 Å². The maximum atomic E-state index is 5.97. The van der Waals surface area contributed by atoms with Crippen LogP contribution in [0.5, 0.6) is 0 Å². The number of hydrogen-bond acceptors (Lipinski definition) is 4. The third-order valence-electron chi connectivity index (χ3n) is 6.05. The SMILES string of the molecule is C1CCC2(CC1)COC1(OC2)OCC2(CCCCC2)CO1. The number of hydrogen-bond donors (Lipinski definition) is 0. The Morgan fingerprint density at radius 3 is 1.10 bits per heavy atom. The molecule has 2 aliphatic heterocycles. The van der Waals surface area contributed by atoms with Gasteiger partial charge in [-0.3, -0.25) is 0 Å². The van der Waals surface area contributed by atoms with Gasteiger partial charge in [-0.25, -0.2) is 0 Å². The minimum Gasteiger partial charge on any atom is -0.303 e. The molecule has 4 heteroatoms. The third-order valence-corrected chi connectivity index (χ3v) is 6.05. The third kappa shape index (κ3) is 2.76. The van der Waals surface area contributed by atoms with E-state index in [0.717, 1.165) is 26.4 Å². The first-order valence-electron chi connectivity index (χ1n) is 8.80. The first kappa shape index (κ1) is 14.4. The van der Waals surface area contributed by atoms with Crippen LogP contribution >= 0.6 is 0 Å². The molecule has 3 spiro atoms. The van der Waals surface area contributed by atoms with Gasteiger partial charge in [-0.2, -0.15) is 0 Å². The minimum atomic E-state index is -1.19. The van der Waals surface area contributed by atoms with Crippen LogP contribution in [0.2, 0.25) is 0 Å². The van der Waals surface area contributed by atoms with Crippen molar-refractivity contribution in [3.8, 4) is 0 Å². The molecule has 0 aromatic rings. The summed E-state index contributed by atoms with van der Waals surface area (Å²) in [6.07, 6.45) is 11.6. The van der Waals surface area contributed by atoms with E-state index in [1.807, 2.05) is 0 Å². The predicted molar refractivity (Wildman–Crippen MR) is 77.6 cm³/mol. The second-order valence-corrected chi connectivity index (χ2v) is 7.78. The Hall–Kier alpha value is -0.160. The lowest BCUT2D eigenvalue weighted by molar-refractivity contribution is -0.549. The highest BCUT2D eigenvalue weighted by molar-refractivity contribution is 4.88. The molecule has 4 rings (SSSR count). The summed E-state index contributed by atoms with van der Waals surface area (Å²) >= 11 is 0. The molecule has 0 aromatic carbocycles. The highest BCUT2D eigenvalue weighted by atomic mass is 17.0. The van der Waals surface area contributed by atoms with Crippen molar-refractivity contribution in [2.24, 2.45) is 10.8 Å². The van der Waals surface area contributed by atoms with E-state index < -0.39 is 6.16 Å². The van der Waals surface area contributed by atoms with Crippen molar-refractivity contribution in [3.63, 3.8) is 0 Å². The fourth-order valence-electron chi connectivity index (χ4n) is 4.48. The van der Waals surface area contributed by atoms with Crippen molar-refractivity contribution in [2.45, 2.75) is 70.4 Å². The average Bonchev–Trinajstić information content (AvgIpc) is 2.56. The van der Waals surface area contributed by atoms with Gasteiger partial charge in [0.15, 0.2) is 0 Å². The van der Waals surface area contributed by atoms with Crippen LogP contribution in [0.4, 0.5) is 0 Å². The van der Waals surface area contributed by atoms with E-state index >= 15 is 0 Å². The van der Waals surface area contributed by atoms with Gasteiger partial charge >= 0.3 is 6.16 Å². The first-order chi connectivity index (χ1) is 10.2. The van der Waals surface area contributed by atoms with Crippen molar-refractivity contribution in [2.75, 3.05) is 26.4 Å². The van der Waals surface area contributed by atoms with Gasteiger partial charge < -0.3 is 18.9 Å². The monoisotopic (exact) mass is 296 g/mol. The summed E-state index contributed by atoms with van der Waals surface area (Å²) < 4.78 is 23.9. The van der Waals surface area contributed by atoms with Gasteiger partial charge in [-0.15, -0.1) is 0 Å². The summed E-state index contributed by atoms with van der Waals surface area (Å²) in [5.74, 6) is 0. The molecule has 0 radical (unpaired) electrons. The van der Waals surface area contributed by atoms with Crippen molar-refractivity contribution >= 4 is 0 Å². The molecule has 2 saturated heterocycles. The van der Waals surface area contributed by atoms with Gasteiger partial charge in [0.25, 0.3) is 0 Å². The van der Waals surface area contributed by atoms with Gasteiger partial charge in [-0.1, -0.05) is 38.5 Å². The number of rotatable bonds is 0. The van der Waals surface area contributed by atoms with Crippen LogP contribution in [0, 0.1) is 10.8 Å². The van der Waals surface area contributed by atoms with Gasteiger partial charge in [0, 0.05) is 10.8 Å². The molecule has 0 N–H and O–H groups in total. The highest BCUT2D eigenvalue weighted by Crippen LogP contribution is 2.46. The molecular weight excluding hydrogens is 268 g/mol. The summed E-state index contributed by atoms with van der Waals surface area (Å²) in [5.41, 5.74) is 0.437. The Kier molecular flexibility index (Phi) is 3.77. The van der Waals surface area contributed by atoms with E-state index in [4.69, 9.17) is 18.9 Å². The largest absolute Gasteiger partial charge is 0.412 e. The fraction of sp³-hybridized carbons (Fsp3) is 1.00. The Morgan fingerprint density at radius 1 is 0.429 bits per heavy atom. The molecule has 0 atom stereocenters. The molecule has 0 bridgehead atoms. The van der Waals surface area contributed by atoms with E-state index in [1.165, 1.54) is 64.2 Å². The maximum absolute atomic E-state index is 5.97. The van der Waals surface area contributed by atoms with E-state index in [1.54, 1.807) is 0 Å². The highest BCUT2D eigenvalue weighted by Gasteiger charge is 2.52. The molecule has 21 heavy (non-hydrogen) atoms. The van der Waals surface area contributed by atoms with Crippen molar-refractivity contribution in [3.05, 3.63) is 0 Å². The van der Waals surface area contributed by atoms with E-state index in [-0.39, 0.29) is 10.8 Å². The summed E-state index contributed by atoms with van der Waals surface area (Å²) in [5, 5.41) is 0. The van der Waals surface area contributed by atoms with Gasteiger partial charge in [0.1, 0.15) is 0 Å². The summed E-state index contributed by atoms with van der Waals surface area (Å²) in [6, 6.07) is 0. The van der Waals surface area contributed by atoms with Crippen LogP contribution in [0.15, 0.2) is 0 Å². The second kappa shape index (κ2) is 5.48. The van der Waals surface area contributed by atoms with Crippen LogP contribution in [-0.4, -0.2) is 32.6 Å². The zero-order valence-electron chi connectivity index (χ0n) is 13.0. The van der Waals surface area contributed by atoms with Crippen molar-refractivity contribution < 1.29 is 18.9 Å². The van der Waals surface area contributed by atoms with Crippen molar-refractivity contribution in [1.82, 2.24) is 0 Å². The molecule has 4 nitrogen and oxygen atoms in total. The molecule has 4 aliphatic rings. The van der Waals surface area contributed by atoms with E-state index in [2.05, 4.69) is 0 Å². The van der Waals surface area contributed by atoms with Crippen LogP contribution in [0.1, 0.15) is 64.2 Å². The fourth-order valence-corrected chi connectivity index (χ4v) is 4.48. The lowest BCUT2D eigenvalue weighted by Gasteiger charge is -2.51. The Morgan fingerprint density at radius 2 is 0.762 bits per heavy atom. The second-order valence-electron chi connectivity index (χ2n) is 7.78. The summed E-state index contributed by atoms with van der Waals surface area (Å²) in [6.45, 7) is 2.89. The first-order valence-corrected chi connectivity index (χ1v) is 8.80. The van der Waals surface area contributed by atoms with Gasteiger partial charge in [-0.05, 0) is 25.7 Å². The quantitative estimate of drug-likeness (QED) is 0.684. The minimum absolute atomic E-state index is 0.218. The maximum Gasteiger partial charge on any atom is 0.412 e. The Balaban J connectivity index is 1.35. The molecule has 0 aromatic heterocycles. The molecule has 2 aliphatic carbocycles. The molecule has 0 amide bonds. The van der Waals surface area contributed by atoms with Crippen LogP contribution in [0.25, 0.3) is 0 Å². The Bertz CT molecular complexity index is 309. The van der Waals surface area contributed by atoms with Crippen LogP contribution in [0.3, 0.4) is 0 Å². The smallest absolute Gasteiger partial charge is 0.303 e. The molecule has 120 valence electrons. The zero-order chi connectivity index (χ0) is 14.2. The lowest BCUT2D eigenvalue weighted by Crippen LogP contribution is -2.58. The molecule has 4 fully saturated rings. The molecule has 2 saturated carbocycles. The molecule has 0 unspecified atom stereocenters. The summed E-state index contributed by atoms with van der Waals surface area (Å²) in [7, 11) is 0. The topological polar surface area (TPSA) is 36.9 Å². The van der Waals surface area contributed by atoms with Crippen molar-refractivity contribution in [1.29, 1.82) is 0 Å². The average molecular weight is 296 g/mol. The zero-order valence-corrected chi connectivity index (χ0v) is 13.0. The van der Waals surface area contributed by atoms with Gasteiger partial charge in [0.05, 0.1) is 26.4 Å². The molecular formula is C17H28O4. The van der Waals surface area contributed by atoms with Crippen LogP contribution < -0.4 is 0 Å². The van der Waals surface area contributed by atoms with Gasteiger partial charge in [0.2, 0.25) is 0 Å². The van der Waals surface area contributed by atoms with E-state index in [9.17, 15) is 0 Å².